The molecule has 1 aliphatic carbocycles. The third-order valence-corrected chi connectivity index (χ3v) is 3.68. The molecule has 0 bridgehead atoms. The topological polar surface area (TPSA) is 29.9 Å². The molecule has 5 heteroatoms. The molecule has 0 unspecified atom stereocenters. The fourth-order valence-electron chi connectivity index (χ4n) is 2.45. The first-order valence-corrected chi connectivity index (χ1v) is 7.43. The number of hydrogen-bond acceptors (Lipinski definition) is 2. The highest BCUT2D eigenvalue weighted by molar-refractivity contribution is 5.39. The highest BCUT2D eigenvalue weighted by Gasteiger charge is 2.21. The Labute approximate surface area is 123 Å². The molecule has 0 amide bonds. The van der Waals surface area contributed by atoms with Crippen molar-refractivity contribution in [2.75, 3.05) is 0 Å². The van der Waals surface area contributed by atoms with Gasteiger partial charge in [-0.2, -0.15) is 0 Å². The van der Waals surface area contributed by atoms with Gasteiger partial charge < -0.3 is 5.32 Å². The zero-order valence-corrected chi connectivity index (χ0v) is 12.1. The van der Waals surface area contributed by atoms with Crippen LogP contribution in [0.4, 0.5) is 8.78 Å². The van der Waals surface area contributed by atoms with Crippen molar-refractivity contribution in [2.45, 2.75) is 45.2 Å². The van der Waals surface area contributed by atoms with E-state index in [0.717, 1.165) is 19.3 Å². The summed E-state index contributed by atoms with van der Waals surface area (Å²) in [6.07, 6.45) is 7.05. The van der Waals surface area contributed by atoms with Gasteiger partial charge in [0.05, 0.1) is 0 Å². The van der Waals surface area contributed by atoms with E-state index in [0.29, 0.717) is 30.4 Å². The third-order valence-electron chi connectivity index (χ3n) is 3.68. The summed E-state index contributed by atoms with van der Waals surface area (Å²) in [4.78, 5) is 4.17. The molecule has 1 saturated carbocycles. The Morgan fingerprint density at radius 2 is 2.00 bits per heavy atom. The van der Waals surface area contributed by atoms with Crippen molar-refractivity contribution in [3.05, 3.63) is 47.5 Å². The van der Waals surface area contributed by atoms with Crippen molar-refractivity contribution in [2.24, 2.45) is 0 Å². The molecule has 0 atom stereocenters. The molecule has 1 heterocycles. The van der Waals surface area contributed by atoms with Gasteiger partial charge in [-0.1, -0.05) is 6.92 Å². The van der Waals surface area contributed by atoms with Gasteiger partial charge in [-0.15, -0.1) is 0 Å². The predicted molar refractivity (Wildman–Crippen MR) is 77.3 cm³/mol. The van der Waals surface area contributed by atoms with Gasteiger partial charge in [-0.25, -0.2) is 13.8 Å². The van der Waals surface area contributed by atoms with E-state index in [1.54, 1.807) is 12.4 Å². The van der Waals surface area contributed by atoms with E-state index in [4.69, 9.17) is 0 Å². The van der Waals surface area contributed by atoms with Crippen LogP contribution in [-0.2, 0) is 13.0 Å². The van der Waals surface area contributed by atoms with Crippen LogP contribution in [0.15, 0.2) is 24.5 Å². The van der Waals surface area contributed by atoms with E-state index in [1.165, 1.54) is 16.7 Å². The Kier molecular flexibility index (Phi) is 4.01. The molecule has 3 rings (SSSR count). The molecule has 0 radical (unpaired) electrons. The number of hydrogen-bond donors (Lipinski definition) is 1. The molecular formula is C16H19F2N3. The molecule has 0 spiro atoms. The van der Waals surface area contributed by atoms with Crippen molar-refractivity contribution >= 4 is 0 Å². The fourth-order valence-corrected chi connectivity index (χ4v) is 2.45. The predicted octanol–water partition coefficient (Wildman–Crippen LogP) is 3.36. The lowest BCUT2D eigenvalue weighted by Gasteiger charge is -2.12. The minimum absolute atomic E-state index is 0.0360. The quantitative estimate of drug-likeness (QED) is 0.884. The number of rotatable bonds is 6. The number of imidazole rings is 1. The van der Waals surface area contributed by atoms with Gasteiger partial charge in [-0.05, 0) is 37.0 Å². The number of benzene rings is 1. The fraction of sp³-hybridized carbons (Fsp3) is 0.438. The van der Waals surface area contributed by atoms with Crippen molar-refractivity contribution in [3.63, 3.8) is 0 Å². The van der Waals surface area contributed by atoms with Crippen LogP contribution >= 0.6 is 0 Å². The minimum atomic E-state index is -0.544. The maximum Gasteiger partial charge on any atom is 0.150 e. The summed E-state index contributed by atoms with van der Waals surface area (Å²) in [6, 6.07) is 3.33. The molecule has 1 aromatic heterocycles. The Morgan fingerprint density at radius 3 is 2.62 bits per heavy atom. The second kappa shape index (κ2) is 5.93. The number of aromatic nitrogens is 2. The molecule has 1 N–H and O–H groups in total. The number of aryl methyl sites for hydroxylation is 1. The number of halogens is 2. The van der Waals surface area contributed by atoms with Crippen LogP contribution in [0.1, 0.15) is 37.6 Å². The van der Waals surface area contributed by atoms with Gasteiger partial charge in [0.25, 0.3) is 0 Å². The normalized spacial score (nSPS) is 14.6. The Morgan fingerprint density at radius 1 is 1.29 bits per heavy atom. The molecule has 21 heavy (non-hydrogen) atoms. The van der Waals surface area contributed by atoms with Crippen molar-refractivity contribution in [1.29, 1.82) is 0 Å². The van der Waals surface area contributed by atoms with Gasteiger partial charge in [0.1, 0.15) is 11.5 Å². The standard InChI is InChI=1S/C16H19F2N3/c1-2-3-15-19-6-7-21(15)16-13(17)8-11(9-14(16)18)10-20-12-4-5-12/h6-9,12,20H,2-5,10H2,1H3. The van der Waals surface area contributed by atoms with E-state index in [1.807, 2.05) is 6.92 Å². The molecule has 0 aliphatic heterocycles. The van der Waals surface area contributed by atoms with E-state index in [9.17, 15) is 8.78 Å². The summed E-state index contributed by atoms with van der Waals surface area (Å²) < 4.78 is 30.1. The summed E-state index contributed by atoms with van der Waals surface area (Å²) in [5.74, 6) is -0.407. The summed E-state index contributed by atoms with van der Waals surface area (Å²) in [5, 5.41) is 3.26. The summed E-state index contributed by atoms with van der Waals surface area (Å²) in [7, 11) is 0. The molecule has 1 fully saturated rings. The monoisotopic (exact) mass is 291 g/mol. The van der Waals surface area contributed by atoms with E-state index >= 15 is 0 Å². The van der Waals surface area contributed by atoms with Crippen LogP contribution in [0, 0.1) is 11.6 Å². The van der Waals surface area contributed by atoms with Crippen LogP contribution < -0.4 is 5.32 Å². The molecule has 0 saturated heterocycles. The summed E-state index contributed by atoms with van der Waals surface area (Å²) in [6.45, 7) is 2.52. The van der Waals surface area contributed by atoms with Gasteiger partial charge in [0.2, 0.25) is 0 Å². The van der Waals surface area contributed by atoms with Gasteiger partial charge in [0.15, 0.2) is 11.6 Å². The first-order chi connectivity index (χ1) is 10.2. The zero-order valence-electron chi connectivity index (χ0n) is 12.1. The molecular weight excluding hydrogens is 272 g/mol. The van der Waals surface area contributed by atoms with Gasteiger partial charge in [-0.3, -0.25) is 4.57 Å². The number of nitrogens with one attached hydrogen (secondary N) is 1. The molecule has 3 nitrogen and oxygen atoms in total. The van der Waals surface area contributed by atoms with Crippen molar-refractivity contribution < 1.29 is 8.78 Å². The van der Waals surface area contributed by atoms with Crippen LogP contribution in [0.3, 0.4) is 0 Å². The number of nitrogens with zero attached hydrogens (tertiary/aromatic N) is 2. The maximum atomic E-state index is 14.3. The lowest BCUT2D eigenvalue weighted by Crippen LogP contribution is -2.16. The minimum Gasteiger partial charge on any atom is -0.310 e. The maximum absolute atomic E-state index is 14.3. The smallest absolute Gasteiger partial charge is 0.150 e. The first kappa shape index (κ1) is 14.2. The third kappa shape index (κ3) is 3.13. The average Bonchev–Trinajstić information content (AvgIpc) is 3.17. The largest absolute Gasteiger partial charge is 0.310 e. The van der Waals surface area contributed by atoms with Crippen LogP contribution in [0.5, 0.6) is 0 Å². The van der Waals surface area contributed by atoms with Crippen LogP contribution in [-0.4, -0.2) is 15.6 Å². The lowest BCUT2D eigenvalue weighted by atomic mass is 10.1. The second-order valence-corrected chi connectivity index (χ2v) is 5.53. The second-order valence-electron chi connectivity index (χ2n) is 5.53. The van der Waals surface area contributed by atoms with Crippen LogP contribution in [0.2, 0.25) is 0 Å². The molecule has 112 valence electrons. The summed E-state index contributed by atoms with van der Waals surface area (Å²) in [5.41, 5.74) is 0.601. The summed E-state index contributed by atoms with van der Waals surface area (Å²) >= 11 is 0. The lowest BCUT2D eigenvalue weighted by molar-refractivity contribution is 0.558. The molecule has 1 aromatic carbocycles. The van der Waals surface area contributed by atoms with Gasteiger partial charge in [0, 0.05) is 31.4 Å². The molecule has 1 aliphatic rings. The Bertz CT molecular complexity index is 609. The van der Waals surface area contributed by atoms with E-state index in [-0.39, 0.29) is 5.69 Å². The van der Waals surface area contributed by atoms with Gasteiger partial charge >= 0.3 is 0 Å². The van der Waals surface area contributed by atoms with Crippen LogP contribution in [0.25, 0.3) is 5.69 Å². The Hall–Kier alpha value is -1.75. The Balaban J connectivity index is 1.89. The van der Waals surface area contributed by atoms with E-state index in [2.05, 4.69) is 10.3 Å². The SMILES string of the molecule is CCCc1nccn1-c1c(F)cc(CNC2CC2)cc1F. The zero-order chi connectivity index (χ0) is 14.8. The highest BCUT2D eigenvalue weighted by Crippen LogP contribution is 2.23. The average molecular weight is 291 g/mol. The van der Waals surface area contributed by atoms with E-state index < -0.39 is 11.6 Å². The first-order valence-electron chi connectivity index (χ1n) is 7.43. The van der Waals surface area contributed by atoms with Crippen molar-refractivity contribution in [3.8, 4) is 5.69 Å². The van der Waals surface area contributed by atoms with Crippen molar-refractivity contribution in [1.82, 2.24) is 14.9 Å². The molecule has 2 aromatic rings. The highest BCUT2D eigenvalue weighted by atomic mass is 19.1.